The lowest BCUT2D eigenvalue weighted by molar-refractivity contribution is -0.385. The number of carbonyl (C=O) groups is 6. The molecule has 0 saturated carbocycles. The molecule has 0 fully saturated rings. The summed E-state index contributed by atoms with van der Waals surface area (Å²) < 4.78 is 49.8. The normalized spacial score (nSPS) is 12.3. The molecule has 0 saturated heterocycles. The summed E-state index contributed by atoms with van der Waals surface area (Å²) in [6.45, 7) is 15.8. The van der Waals surface area contributed by atoms with Crippen LogP contribution in [0.5, 0.6) is 0 Å². The number of nitrogens with zero attached hydrogens (tertiary/aromatic N) is 5. The Kier molecular flexibility index (Phi) is 41.5. The van der Waals surface area contributed by atoms with Crippen LogP contribution in [-0.4, -0.2) is 109 Å². The van der Waals surface area contributed by atoms with Gasteiger partial charge in [0, 0.05) is 76.4 Å². The SMILES string of the molecule is C.C.C.C.C.CC(C)(C)OC(=O)N[C@@H](Cc1ccccc1)C(=O)N[C@@H](Cc1ccc(NS(=O)(=O)O)cc1)c1csc(-c2ccccc2)n1.CC(C)(C)OC(=O)N[C@@H](Cc1ccccc1)C(=O)N[C@@H](Cc1ccc([N+](=O)[O-])cc1)c1csc(-c2ccccc2)n1.CC(C)(C)OC(=O)N[C@@H](Cc1ccccc1)C(=O)N[C@@H](Cc1ccc([N+](=O)[O-])cc1)c1csc(-c2ccccc2)n1. The zero-order valence-electron chi connectivity index (χ0n) is 70.1. The van der Waals surface area contributed by atoms with E-state index in [1.54, 1.807) is 98.7 Å². The molecule has 0 spiro atoms. The molecule has 28 nitrogen and oxygen atoms in total. The maximum Gasteiger partial charge on any atom is 0.408 e. The lowest BCUT2D eigenvalue weighted by Gasteiger charge is -2.25. The van der Waals surface area contributed by atoms with Gasteiger partial charge in [-0.2, -0.15) is 8.42 Å². The smallest absolute Gasteiger partial charge is 0.408 e. The molecule has 6 amide bonds. The van der Waals surface area contributed by atoms with Crippen LogP contribution >= 0.6 is 34.0 Å². The van der Waals surface area contributed by atoms with Crippen LogP contribution in [0.2, 0.25) is 0 Å². The summed E-state index contributed by atoms with van der Waals surface area (Å²) in [5, 5.41) is 47.7. The van der Waals surface area contributed by atoms with Gasteiger partial charge < -0.3 is 46.1 Å². The third-order valence-corrected chi connectivity index (χ3v) is 21.6. The number of rotatable bonds is 31. The third kappa shape index (κ3) is 35.7. The molecule has 8 N–H and O–H groups in total. The van der Waals surface area contributed by atoms with E-state index in [4.69, 9.17) is 33.7 Å². The van der Waals surface area contributed by atoms with Crippen molar-refractivity contribution in [2.24, 2.45) is 0 Å². The van der Waals surface area contributed by atoms with Gasteiger partial charge in [0.1, 0.15) is 50.0 Å². The first kappa shape index (κ1) is 107. The minimum atomic E-state index is -4.41. The van der Waals surface area contributed by atoms with Crippen molar-refractivity contribution in [2.45, 2.75) is 191 Å². The Balaban J connectivity index is 0.000000339. The summed E-state index contributed by atoms with van der Waals surface area (Å²) in [6, 6.07) is 71.7. The number of nitro groups is 2. The lowest BCUT2D eigenvalue weighted by atomic mass is 10.0. The maximum atomic E-state index is 13.8. The predicted octanol–water partition coefficient (Wildman–Crippen LogP) is 21.2. The molecule has 32 heteroatoms. The van der Waals surface area contributed by atoms with E-state index in [9.17, 15) is 57.4 Å². The molecule has 12 aromatic rings. The van der Waals surface area contributed by atoms with Crippen LogP contribution in [0.1, 0.15) is 168 Å². The number of anilines is 1. The van der Waals surface area contributed by atoms with Crippen LogP contribution in [0, 0.1) is 20.2 Å². The number of nitrogens with one attached hydrogen (secondary N) is 7. The molecule has 3 aromatic heterocycles. The molecule has 0 radical (unpaired) electrons. The van der Waals surface area contributed by atoms with Crippen LogP contribution < -0.4 is 36.6 Å². The van der Waals surface area contributed by atoms with Crippen LogP contribution in [0.4, 0.5) is 31.4 Å². The van der Waals surface area contributed by atoms with E-state index in [-0.39, 0.29) is 73.5 Å². The van der Waals surface area contributed by atoms with E-state index in [2.05, 4.69) is 31.9 Å². The van der Waals surface area contributed by atoms with Crippen molar-refractivity contribution in [3.63, 3.8) is 0 Å². The second-order valence-electron chi connectivity index (χ2n) is 31.9. The van der Waals surface area contributed by atoms with E-state index >= 15 is 0 Å². The second-order valence-corrected chi connectivity index (χ2v) is 35.6. The first-order valence-electron chi connectivity index (χ1n) is 39.8. The zero-order chi connectivity index (χ0) is 89.9. The van der Waals surface area contributed by atoms with Gasteiger partial charge in [0.15, 0.2) is 0 Å². The summed E-state index contributed by atoms with van der Waals surface area (Å²) in [5.74, 6) is -1.22. The number of thiazole rings is 3. The van der Waals surface area contributed by atoms with E-state index in [1.807, 2.05) is 203 Å². The molecule has 6 atom stereocenters. The average molecular weight is 1850 g/mol. The molecular formula is C98H118N12O16S4. The Morgan fingerprint density at radius 3 is 0.792 bits per heavy atom. The van der Waals surface area contributed by atoms with Gasteiger partial charge >= 0.3 is 28.6 Å². The summed E-state index contributed by atoms with van der Waals surface area (Å²) in [5.41, 5.74) is 7.69. The van der Waals surface area contributed by atoms with Crippen molar-refractivity contribution in [3.05, 3.63) is 342 Å². The van der Waals surface area contributed by atoms with Crippen molar-refractivity contribution in [3.8, 4) is 31.7 Å². The van der Waals surface area contributed by atoms with Gasteiger partial charge in [0.25, 0.3) is 11.4 Å². The number of carbonyl (C=O) groups excluding carboxylic acids is 6. The lowest BCUT2D eigenvalue weighted by Crippen LogP contribution is -2.50. The molecule has 690 valence electrons. The van der Waals surface area contributed by atoms with Gasteiger partial charge in [-0.05, 0) is 127 Å². The van der Waals surface area contributed by atoms with Crippen LogP contribution in [0.15, 0.2) is 271 Å². The minimum absolute atomic E-state index is 0. The molecule has 0 aliphatic rings. The highest BCUT2D eigenvalue weighted by Crippen LogP contribution is 2.33. The summed E-state index contributed by atoms with van der Waals surface area (Å²) in [6.07, 6.45) is -0.354. The van der Waals surface area contributed by atoms with Gasteiger partial charge in [0.2, 0.25) is 17.7 Å². The molecule has 0 aliphatic heterocycles. The Morgan fingerprint density at radius 2 is 0.569 bits per heavy atom. The van der Waals surface area contributed by atoms with Crippen LogP contribution in [0.25, 0.3) is 31.7 Å². The molecule has 0 aliphatic carbocycles. The summed E-state index contributed by atoms with van der Waals surface area (Å²) in [4.78, 5) is 115. The predicted molar refractivity (Wildman–Crippen MR) is 518 cm³/mol. The average Bonchev–Trinajstić information content (AvgIpc) is 1.78. The molecular weight excluding hydrogens is 1730 g/mol. The molecule has 9 aromatic carbocycles. The van der Waals surface area contributed by atoms with Crippen molar-refractivity contribution >= 4 is 97.4 Å². The number of nitro benzene ring substituents is 2. The van der Waals surface area contributed by atoms with Gasteiger partial charge in [-0.25, -0.2) is 29.3 Å². The monoisotopic (exact) mass is 1850 g/mol. The highest BCUT2D eigenvalue weighted by molar-refractivity contribution is 7.87. The fourth-order valence-corrected chi connectivity index (χ4v) is 15.7. The van der Waals surface area contributed by atoms with E-state index in [0.717, 1.165) is 65.1 Å². The molecule has 3 heterocycles. The Bertz CT molecular complexity index is 5440. The van der Waals surface area contributed by atoms with Crippen LogP contribution in [-0.2, 0) is 77.4 Å². The van der Waals surface area contributed by atoms with Crippen LogP contribution in [0.3, 0.4) is 0 Å². The number of ether oxygens (including phenoxy) is 3. The van der Waals surface area contributed by atoms with Crippen molar-refractivity contribution in [2.75, 3.05) is 4.72 Å². The number of aromatic nitrogens is 3. The number of alkyl carbamates (subject to hydrolysis) is 3. The fraction of sp³-hybridized carbons (Fsp3) is 0.296. The van der Waals surface area contributed by atoms with Gasteiger partial charge in [0.05, 0.1) is 50.7 Å². The number of amides is 6. The van der Waals surface area contributed by atoms with E-state index in [0.29, 0.717) is 36.3 Å². The second kappa shape index (κ2) is 50.4. The van der Waals surface area contributed by atoms with Crippen molar-refractivity contribution in [1.82, 2.24) is 46.9 Å². The maximum absolute atomic E-state index is 13.8. The van der Waals surface area contributed by atoms with Gasteiger partial charge in [-0.1, -0.05) is 256 Å². The fourth-order valence-electron chi connectivity index (χ4n) is 12.6. The number of non-ortho nitro benzene ring substituents is 2. The van der Waals surface area contributed by atoms with Crippen molar-refractivity contribution in [1.29, 1.82) is 0 Å². The molecule has 12 rings (SSSR count). The van der Waals surface area contributed by atoms with E-state index < -0.39 is 109 Å². The minimum Gasteiger partial charge on any atom is -0.444 e. The number of hydrogen-bond donors (Lipinski definition) is 8. The zero-order valence-corrected chi connectivity index (χ0v) is 73.4. The Hall–Kier alpha value is -13.4. The number of hydrogen-bond acceptors (Lipinski definition) is 21. The number of benzene rings is 9. The third-order valence-electron chi connectivity index (χ3n) is 18.3. The largest absolute Gasteiger partial charge is 0.444 e. The highest BCUT2D eigenvalue weighted by Gasteiger charge is 2.33. The van der Waals surface area contributed by atoms with E-state index in [1.165, 1.54) is 70.4 Å². The standard InChI is InChI=1S/C31H34N4O6S2.2C31H32N4O5S.5CH4/c1-31(2,3)41-30(37)34-26(19-21-10-6-4-7-11-21)28(36)32-25(18-22-14-16-24(17-15-22)35-43(38,39)40)27-20-42-29(33-27)23-12-8-5-9-13-23;2*1-31(2,3)40-30(37)34-26(19-21-10-6-4-7-11-21)28(36)32-25(18-22-14-16-24(17-15-22)35(38)39)27-20-41-29(33-27)23-12-8-5-9-13-23;;;;;/h4-17,20,25-26,35H,18-19H2,1-3H3,(H,32,36)(H,34,37)(H,38,39,40);2*4-17,20,25-26H,18-19H2,1-3H3,(H,32,36)(H,34,37);5*1H4/t3*25-,26-;;;;;/m000...../s1. The molecule has 0 bridgehead atoms. The molecule has 0 unspecified atom stereocenters. The summed E-state index contributed by atoms with van der Waals surface area (Å²) in [7, 11) is -4.41. The topological polar surface area (TPSA) is 394 Å². The molecule has 130 heavy (non-hydrogen) atoms. The Morgan fingerprint density at radius 1 is 0.346 bits per heavy atom. The van der Waals surface area contributed by atoms with Gasteiger partial charge in [-0.3, -0.25) is 43.9 Å². The quantitative estimate of drug-likeness (QED) is 0.00866. The van der Waals surface area contributed by atoms with Crippen molar-refractivity contribution < 1.29 is 65.8 Å². The van der Waals surface area contributed by atoms with Gasteiger partial charge in [-0.15, -0.1) is 34.0 Å². The first-order valence-corrected chi connectivity index (χ1v) is 43.9. The summed E-state index contributed by atoms with van der Waals surface area (Å²) >= 11 is 4.37. The first-order chi connectivity index (χ1) is 59.5. The highest BCUT2D eigenvalue weighted by atomic mass is 32.2. The Labute approximate surface area is 774 Å².